The fourth-order valence-electron chi connectivity index (χ4n) is 3.17. The van der Waals surface area contributed by atoms with Crippen LogP contribution in [0.25, 0.3) is 16.6 Å². The standard InChI is InChI=1S/C24H17ClN4O4S/c25-16-9-11-17(12-10-16)29-22(31)19-7-3-4-8-20(19)27-24(29)34-14-21(30)28-26-13-15-5-1-2-6-18(15)23(32)33/h1-13H,14H2,(H,28,30)(H,32,33). The highest BCUT2D eigenvalue weighted by molar-refractivity contribution is 7.99. The lowest BCUT2D eigenvalue weighted by Gasteiger charge is -2.13. The van der Waals surface area contributed by atoms with E-state index in [9.17, 15) is 19.5 Å². The molecule has 2 N–H and O–H groups in total. The van der Waals surface area contributed by atoms with E-state index in [-0.39, 0.29) is 16.9 Å². The molecule has 0 aliphatic heterocycles. The van der Waals surface area contributed by atoms with E-state index in [2.05, 4.69) is 15.5 Å². The molecule has 8 nitrogen and oxygen atoms in total. The molecule has 0 bridgehead atoms. The van der Waals surface area contributed by atoms with Crippen LogP contribution < -0.4 is 11.0 Å². The summed E-state index contributed by atoms with van der Waals surface area (Å²) in [5.41, 5.74) is 3.62. The summed E-state index contributed by atoms with van der Waals surface area (Å²) >= 11 is 7.07. The number of carbonyl (C=O) groups is 2. The summed E-state index contributed by atoms with van der Waals surface area (Å²) in [6, 6.07) is 20.0. The van der Waals surface area contributed by atoms with E-state index in [4.69, 9.17) is 11.6 Å². The summed E-state index contributed by atoms with van der Waals surface area (Å²) in [5.74, 6) is -1.61. The molecular weight excluding hydrogens is 476 g/mol. The molecule has 1 aromatic heterocycles. The molecule has 0 saturated carbocycles. The Labute approximate surface area is 202 Å². The van der Waals surface area contributed by atoms with Gasteiger partial charge in [0.1, 0.15) is 0 Å². The van der Waals surface area contributed by atoms with E-state index in [1.54, 1.807) is 66.7 Å². The fraction of sp³-hybridized carbons (Fsp3) is 0.0417. The Morgan fingerprint density at radius 2 is 1.76 bits per heavy atom. The lowest BCUT2D eigenvalue weighted by molar-refractivity contribution is -0.118. The molecule has 4 rings (SSSR count). The third-order valence-electron chi connectivity index (χ3n) is 4.75. The van der Waals surface area contributed by atoms with Crippen LogP contribution in [-0.2, 0) is 4.79 Å². The van der Waals surface area contributed by atoms with Gasteiger partial charge in [0, 0.05) is 10.6 Å². The summed E-state index contributed by atoms with van der Waals surface area (Å²) < 4.78 is 1.43. The Bertz CT molecular complexity index is 1470. The van der Waals surface area contributed by atoms with Gasteiger partial charge in [-0.2, -0.15) is 5.10 Å². The van der Waals surface area contributed by atoms with Gasteiger partial charge in [-0.15, -0.1) is 0 Å². The van der Waals surface area contributed by atoms with Gasteiger partial charge in [0.05, 0.1) is 34.1 Å². The number of carboxylic acids is 1. The van der Waals surface area contributed by atoms with Gasteiger partial charge < -0.3 is 5.11 Å². The van der Waals surface area contributed by atoms with Crippen molar-refractivity contribution >= 4 is 52.4 Å². The highest BCUT2D eigenvalue weighted by Gasteiger charge is 2.15. The van der Waals surface area contributed by atoms with Gasteiger partial charge in [-0.25, -0.2) is 15.2 Å². The van der Waals surface area contributed by atoms with Crippen LogP contribution in [0.1, 0.15) is 15.9 Å². The van der Waals surface area contributed by atoms with Crippen molar-refractivity contribution in [1.29, 1.82) is 0 Å². The van der Waals surface area contributed by atoms with Gasteiger partial charge in [-0.05, 0) is 42.5 Å². The van der Waals surface area contributed by atoms with Crippen LogP contribution in [-0.4, -0.2) is 38.5 Å². The molecule has 1 heterocycles. The van der Waals surface area contributed by atoms with Crippen molar-refractivity contribution in [2.75, 3.05) is 5.75 Å². The van der Waals surface area contributed by atoms with Gasteiger partial charge in [0.2, 0.25) is 0 Å². The van der Waals surface area contributed by atoms with Crippen molar-refractivity contribution < 1.29 is 14.7 Å². The highest BCUT2D eigenvalue weighted by atomic mass is 35.5. The number of para-hydroxylation sites is 1. The first-order valence-corrected chi connectivity index (χ1v) is 11.3. The van der Waals surface area contributed by atoms with Crippen LogP contribution in [0.5, 0.6) is 0 Å². The number of hydrogen-bond acceptors (Lipinski definition) is 6. The number of nitrogens with one attached hydrogen (secondary N) is 1. The largest absolute Gasteiger partial charge is 0.478 e. The zero-order chi connectivity index (χ0) is 24.1. The maximum Gasteiger partial charge on any atom is 0.336 e. The van der Waals surface area contributed by atoms with E-state index in [0.29, 0.717) is 32.3 Å². The number of aromatic carboxylic acids is 1. The third kappa shape index (κ3) is 5.16. The summed E-state index contributed by atoms with van der Waals surface area (Å²) in [6.07, 6.45) is 1.27. The van der Waals surface area contributed by atoms with E-state index in [1.165, 1.54) is 16.8 Å². The van der Waals surface area contributed by atoms with Gasteiger partial charge >= 0.3 is 5.97 Å². The molecule has 3 aromatic carbocycles. The summed E-state index contributed by atoms with van der Waals surface area (Å²) in [6.45, 7) is 0. The summed E-state index contributed by atoms with van der Waals surface area (Å²) in [4.78, 5) is 41.4. The summed E-state index contributed by atoms with van der Waals surface area (Å²) in [5, 5.41) is 14.4. The lowest BCUT2D eigenvalue weighted by Crippen LogP contribution is -2.24. The van der Waals surface area contributed by atoms with Crippen LogP contribution in [0, 0.1) is 0 Å². The number of benzene rings is 3. The molecule has 0 aliphatic rings. The number of carbonyl (C=O) groups excluding carboxylic acids is 1. The predicted molar refractivity (Wildman–Crippen MR) is 132 cm³/mol. The minimum Gasteiger partial charge on any atom is -0.478 e. The molecule has 1 amide bonds. The average molecular weight is 493 g/mol. The molecule has 0 radical (unpaired) electrons. The number of hydrazone groups is 1. The number of aromatic nitrogens is 2. The zero-order valence-corrected chi connectivity index (χ0v) is 19.1. The van der Waals surface area contributed by atoms with Crippen molar-refractivity contribution in [1.82, 2.24) is 15.0 Å². The molecule has 34 heavy (non-hydrogen) atoms. The minimum absolute atomic E-state index is 0.0715. The second-order valence-electron chi connectivity index (χ2n) is 7.00. The van der Waals surface area contributed by atoms with E-state index < -0.39 is 11.9 Å². The van der Waals surface area contributed by atoms with Gasteiger partial charge in [0.15, 0.2) is 5.16 Å². The smallest absolute Gasteiger partial charge is 0.336 e. The minimum atomic E-state index is -1.09. The van der Waals surface area contributed by atoms with Crippen LogP contribution >= 0.6 is 23.4 Å². The Morgan fingerprint density at radius 1 is 1.06 bits per heavy atom. The number of fused-ring (bicyclic) bond motifs is 1. The van der Waals surface area contributed by atoms with Crippen LogP contribution in [0.3, 0.4) is 0 Å². The quantitative estimate of drug-likeness (QED) is 0.174. The van der Waals surface area contributed by atoms with Gasteiger partial charge in [-0.3, -0.25) is 14.2 Å². The second kappa shape index (κ2) is 10.3. The lowest BCUT2D eigenvalue weighted by atomic mass is 10.1. The van der Waals surface area contributed by atoms with Gasteiger partial charge in [-0.1, -0.05) is 53.7 Å². The van der Waals surface area contributed by atoms with Crippen molar-refractivity contribution in [3.8, 4) is 5.69 Å². The van der Waals surface area contributed by atoms with Crippen LogP contribution in [0.2, 0.25) is 5.02 Å². The molecule has 0 aliphatic carbocycles. The number of rotatable bonds is 7. The predicted octanol–water partition coefficient (Wildman–Crippen LogP) is 3.98. The normalized spacial score (nSPS) is 11.1. The Kier molecular flexibility index (Phi) is 7.05. The van der Waals surface area contributed by atoms with Gasteiger partial charge in [0.25, 0.3) is 11.5 Å². The van der Waals surface area contributed by atoms with E-state index >= 15 is 0 Å². The first-order chi connectivity index (χ1) is 16.4. The SMILES string of the molecule is O=C(CSc1nc2ccccc2c(=O)n1-c1ccc(Cl)cc1)NN=Cc1ccccc1C(=O)O. The number of thioether (sulfide) groups is 1. The summed E-state index contributed by atoms with van der Waals surface area (Å²) in [7, 11) is 0. The van der Waals surface area contributed by atoms with Crippen LogP contribution in [0.4, 0.5) is 0 Å². The average Bonchev–Trinajstić information content (AvgIpc) is 2.84. The molecule has 0 spiro atoms. The Balaban J connectivity index is 1.56. The zero-order valence-electron chi connectivity index (χ0n) is 17.5. The number of nitrogens with zero attached hydrogens (tertiary/aromatic N) is 3. The molecule has 10 heteroatoms. The Hall–Kier alpha value is -3.95. The maximum atomic E-state index is 13.2. The monoisotopic (exact) mass is 492 g/mol. The first kappa shape index (κ1) is 23.2. The topological polar surface area (TPSA) is 114 Å². The number of amides is 1. The number of carboxylic acid groups (broad SMARTS) is 1. The highest BCUT2D eigenvalue weighted by Crippen LogP contribution is 2.22. The van der Waals surface area contributed by atoms with Crippen molar-refractivity contribution in [2.24, 2.45) is 5.10 Å². The molecule has 4 aromatic rings. The number of halogens is 1. The molecule has 0 unspecified atom stereocenters. The number of hydrogen-bond donors (Lipinski definition) is 2. The third-order valence-corrected chi connectivity index (χ3v) is 5.94. The maximum absolute atomic E-state index is 13.2. The fourth-order valence-corrected chi connectivity index (χ4v) is 4.10. The van der Waals surface area contributed by atoms with E-state index in [0.717, 1.165) is 11.8 Å². The first-order valence-electron chi connectivity index (χ1n) is 9.99. The second-order valence-corrected chi connectivity index (χ2v) is 8.38. The molecule has 0 atom stereocenters. The van der Waals surface area contributed by atoms with Crippen molar-refractivity contribution in [2.45, 2.75) is 5.16 Å². The molecule has 0 saturated heterocycles. The van der Waals surface area contributed by atoms with Crippen LogP contribution in [0.15, 0.2) is 87.8 Å². The molecule has 0 fully saturated rings. The van der Waals surface area contributed by atoms with Crippen molar-refractivity contribution in [3.63, 3.8) is 0 Å². The Morgan fingerprint density at radius 3 is 2.53 bits per heavy atom. The molecule has 170 valence electrons. The van der Waals surface area contributed by atoms with Crippen molar-refractivity contribution in [3.05, 3.63) is 99.3 Å². The molecular formula is C24H17ClN4O4S. The van der Waals surface area contributed by atoms with E-state index in [1.807, 2.05) is 0 Å².